The highest BCUT2D eigenvalue weighted by molar-refractivity contribution is 6.33. The van der Waals surface area contributed by atoms with Crippen LogP contribution in [0.4, 0.5) is 0 Å². The maximum Gasteiger partial charge on any atom is 0.151 e. The summed E-state index contributed by atoms with van der Waals surface area (Å²) in [6.45, 7) is 0. The molecule has 0 bridgehead atoms. The van der Waals surface area contributed by atoms with Gasteiger partial charge < -0.3 is 5.11 Å². The van der Waals surface area contributed by atoms with Crippen molar-refractivity contribution in [2.45, 2.75) is 0 Å². The number of aromatic hydroxyl groups is 1. The fraction of sp³-hybridized carbons (Fsp3) is 0. The summed E-state index contributed by atoms with van der Waals surface area (Å²) in [6.07, 6.45) is 0.700. The quantitative estimate of drug-likeness (QED) is 0.805. The van der Waals surface area contributed by atoms with E-state index in [4.69, 9.17) is 11.6 Å². The summed E-state index contributed by atoms with van der Waals surface area (Å²) in [6, 6.07) is 12.0. The molecular weight excluding hydrogens is 224 g/mol. The van der Waals surface area contributed by atoms with Crippen molar-refractivity contribution in [1.29, 1.82) is 0 Å². The van der Waals surface area contributed by atoms with Crippen molar-refractivity contribution in [3.63, 3.8) is 0 Å². The van der Waals surface area contributed by atoms with Crippen molar-refractivity contribution < 1.29 is 9.90 Å². The average Bonchev–Trinajstić information content (AvgIpc) is 2.31. The lowest BCUT2D eigenvalue weighted by atomic mass is 10.0. The molecular formula is C13H9ClO2. The van der Waals surface area contributed by atoms with Crippen LogP contribution in [0.15, 0.2) is 42.5 Å². The van der Waals surface area contributed by atoms with Crippen molar-refractivity contribution in [1.82, 2.24) is 0 Å². The summed E-state index contributed by atoms with van der Waals surface area (Å²) < 4.78 is 0. The second-order valence-electron chi connectivity index (χ2n) is 3.37. The van der Waals surface area contributed by atoms with E-state index in [0.717, 1.165) is 5.56 Å². The van der Waals surface area contributed by atoms with Gasteiger partial charge in [-0.25, -0.2) is 0 Å². The molecule has 0 radical (unpaired) electrons. The van der Waals surface area contributed by atoms with Gasteiger partial charge in [0.2, 0.25) is 0 Å². The highest BCUT2D eigenvalue weighted by Gasteiger charge is 2.06. The second-order valence-corrected chi connectivity index (χ2v) is 3.78. The summed E-state index contributed by atoms with van der Waals surface area (Å²) in [5.41, 5.74) is 1.87. The highest BCUT2D eigenvalue weighted by Crippen LogP contribution is 2.30. The van der Waals surface area contributed by atoms with Crippen LogP contribution >= 0.6 is 11.6 Å². The lowest BCUT2D eigenvalue weighted by Gasteiger charge is -2.05. The van der Waals surface area contributed by atoms with E-state index in [1.54, 1.807) is 36.4 Å². The number of phenols is 1. The van der Waals surface area contributed by atoms with Gasteiger partial charge in [0.25, 0.3) is 0 Å². The normalized spacial score (nSPS) is 10.1. The van der Waals surface area contributed by atoms with E-state index in [-0.39, 0.29) is 5.75 Å². The molecule has 0 atom stereocenters. The first kappa shape index (κ1) is 10.7. The fourth-order valence-corrected chi connectivity index (χ4v) is 1.68. The van der Waals surface area contributed by atoms with Gasteiger partial charge in [0.05, 0.1) is 5.02 Å². The Hall–Kier alpha value is -1.80. The van der Waals surface area contributed by atoms with E-state index in [9.17, 15) is 9.90 Å². The van der Waals surface area contributed by atoms with Gasteiger partial charge in [0, 0.05) is 11.1 Å². The number of halogens is 1. The number of rotatable bonds is 2. The number of hydrogen-bond acceptors (Lipinski definition) is 2. The molecule has 2 aromatic carbocycles. The lowest BCUT2D eigenvalue weighted by molar-refractivity contribution is 0.112. The Kier molecular flexibility index (Phi) is 2.93. The Morgan fingerprint density at radius 3 is 2.56 bits per heavy atom. The molecule has 2 nitrogen and oxygen atoms in total. The Labute approximate surface area is 98.1 Å². The number of phenolic OH excluding ortho intramolecular Hbond substituents is 1. The molecule has 0 spiro atoms. The van der Waals surface area contributed by atoms with Crippen molar-refractivity contribution in [3.05, 3.63) is 53.1 Å². The molecule has 3 heteroatoms. The first-order valence-electron chi connectivity index (χ1n) is 4.75. The zero-order chi connectivity index (χ0) is 11.5. The summed E-state index contributed by atoms with van der Waals surface area (Å²) >= 11 is 5.83. The third-order valence-corrected chi connectivity index (χ3v) is 2.68. The third-order valence-electron chi connectivity index (χ3n) is 2.34. The van der Waals surface area contributed by atoms with Crippen LogP contribution < -0.4 is 0 Å². The molecule has 2 rings (SSSR count). The summed E-state index contributed by atoms with van der Waals surface area (Å²) in [7, 11) is 0. The molecule has 0 heterocycles. The Bertz CT molecular complexity index is 535. The van der Waals surface area contributed by atoms with Gasteiger partial charge in [-0.05, 0) is 23.8 Å². The van der Waals surface area contributed by atoms with Crippen LogP contribution in [0.3, 0.4) is 0 Å². The number of benzene rings is 2. The first-order valence-corrected chi connectivity index (χ1v) is 5.13. The van der Waals surface area contributed by atoms with E-state index in [0.29, 0.717) is 22.4 Å². The largest absolute Gasteiger partial charge is 0.507 e. The molecule has 16 heavy (non-hydrogen) atoms. The number of aldehydes is 1. The van der Waals surface area contributed by atoms with E-state index >= 15 is 0 Å². The van der Waals surface area contributed by atoms with E-state index in [1.165, 1.54) is 0 Å². The smallest absolute Gasteiger partial charge is 0.151 e. The maximum atomic E-state index is 10.7. The van der Waals surface area contributed by atoms with Crippen LogP contribution in [0.1, 0.15) is 10.4 Å². The number of carbonyl (C=O) groups is 1. The minimum absolute atomic E-state index is 0.182. The average molecular weight is 233 g/mol. The Morgan fingerprint density at radius 1 is 1.12 bits per heavy atom. The topological polar surface area (TPSA) is 37.3 Å². The van der Waals surface area contributed by atoms with E-state index in [1.807, 2.05) is 6.07 Å². The molecule has 0 saturated carbocycles. The summed E-state index contributed by atoms with van der Waals surface area (Å²) in [5.74, 6) is 0.182. The highest BCUT2D eigenvalue weighted by atomic mass is 35.5. The molecule has 0 unspecified atom stereocenters. The van der Waals surface area contributed by atoms with Crippen LogP contribution in [0.25, 0.3) is 11.1 Å². The van der Waals surface area contributed by atoms with Crippen LogP contribution in [0.2, 0.25) is 5.02 Å². The summed E-state index contributed by atoms with van der Waals surface area (Å²) in [4.78, 5) is 10.7. The second kappa shape index (κ2) is 4.37. The minimum Gasteiger partial charge on any atom is -0.507 e. The van der Waals surface area contributed by atoms with Crippen molar-refractivity contribution in [3.8, 4) is 16.9 Å². The van der Waals surface area contributed by atoms with E-state index < -0.39 is 0 Å². The summed E-state index contributed by atoms with van der Waals surface area (Å²) in [5, 5.41) is 10.1. The molecule has 0 saturated heterocycles. The first-order chi connectivity index (χ1) is 7.72. The van der Waals surface area contributed by atoms with Gasteiger partial charge in [-0.15, -0.1) is 0 Å². The zero-order valence-electron chi connectivity index (χ0n) is 8.35. The van der Waals surface area contributed by atoms with Crippen molar-refractivity contribution in [2.75, 3.05) is 0 Å². The van der Waals surface area contributed by atoms with Crippen LogP contribution in [-0.4, -0.2) is 11.4 Å². The molecule has 0 aliphatic heterocycles. The Morgan fingerprint density at radius 2 is 1.88 bits per heavy atom. The molecule has 0 fully saturated rings. The van der Waals surface area contributed by atoms with Crippen LogP contribution in [-0.2, 0) is 0 Å². The van der Waals surface area contributed by atoms with E-state index in [2.05, 4.69) is 0 Å². The predicted molar refractivity (Wildman–Crippen MR) is 63.9 cm³/mol. The monoisotopic (exact) mass is 232 g/mol. The molecule has 0 aromatic heterocycles. The maximum absolute atomic E-state index is 10.7. The Balaban J connectivity index is 2.57. The van der Waals surface area contributed by atoms with Crippen LogP contribution in [0.5, 0.6) is 5.75 Å². The van der Waals surface area contributed by atoms with Gasteiger partial charge in [0.1, 0.15) is 5.75 Å². The third kappa shape index (κ3) is 1.92. The zero-order valence-corrected chi connectivity index (χ0v) is 9.11. The van der Waals surface area contributed by atoms with Crippen molar-refractivity contribution >= 4 is 17.9 Å². The molecule has 1 N–H and O–H groups in total. The lowest BCUT2D eigenvalue weighted by Crippen LogP contribution is -1.85. The SMILES string of the molecule is O=Cc1cc(-c2ccccc2O)ccc1Cl. The molecule has 0 amide bonds. The number of carbonyl (C=O) groups excluding carboxylic acids is 1. The molecule has 0 aliphatic carbocycles. The molecule has 80 valence electrons. The van der Waals surface area contributed by atoms with Gasteiger partial charge in [-0.2, -0.15) is 0 Å². The molecule has 0 aliphatic rings. The van der Waals surface area contributed by atoms with Gasteiger partial charge in [-0.1, -0.05) is 35.9 Å². The number of hydrogen-bond donors (Lipinski definition) is 1. The van der Waals surface area contributed by atoms with Crippen LogP contribution in [0, 0.1) is 0 Å². The number of para-hydroxylation sites is 1. The predicted octanol–water partition coefficient (Wildman–Crippen LogP) is 3.53. The van der Waals surface area contributed by atoms with Gasteiger partial charge >= 0.3 is 0 Å². The standard InChI is InChI=1S/C13H9ClO2/c14-12-6-5-9(7-10(12)8-15)11-3-1-2-4-13(11)16/h1-8,16H. The minimum atomic E-state index is 0.182. The fourth-order valence-electron chi connectivity index (χ4n) is 1.52. The van der Waals surface area contributed by atoms with Gasteiger partial charge in [0.15, 0.2) is 6.29 Å². The van der Waals surface area contributed by atoms with Gasteiger partial charge in [-0.3, -0.25) is 4.79 Å². The molecule has 2 aromatic rings. The van der Waals surface area contributed by atoms with Crippen molar-refractivity contribution in [2.24, 2.45) is 0 Å².